The average molecular weight is 254 g/mol. The van der Waals surface area contributed by atoms with Gasteiger partial charge in [0.2, 0.25) is 0 Å². The van der Waals surface area contributed by atoms with Crippen LogP contribution in [-0.2, 0) is 0 Å². The Morgan fingerprint density at radius 2 is 1.83 bits per heavy atom. The summed E-state index contributed by atoms with van der Waals surface area (Å²) in [7, 11) is 0. The molecule has 18 heavy (non-hydrogen) atoms. The van der Waals surface area contributed by atoms with Crippen LogP contribution in [-0.4, -0.2) is 37.1 Å². The van der Waals surface area contributed by atoms with E-state index in [1.165, 1.54) is 64.6 Å². The lowest BCUT2D eigenvalue weighted by atomic mass is 10.1. The van der Waals surface area contributed by atoms with Crippen LogP contribution >= 0.6 is 0 Å². The van der Waals surface area contributed by atoms with Crippen molar-refractivity contribution in [3.63, 3.8) is 0 Å². The summed E-state index contributed by atoms with van der Waals surface area (Å²) in [5, 5.41) is 3.42. The number of unbranched alkanes of at least 4 members (excludes halogenated alkanes) is 1. The third-order valence-electron chi connectivity index (χ3n) is 4.13. The standard InChI is InChI=1S/C16H34N2/c1-4-17-12-7-8-13-18(14-11-15(2)3)16-9-5-6-10-16/h15-17H,4-14H2,1-3H3. The highest BCUT2D eigenvalue weighted by molar-refractivity contribution is 4.77. The minimum atomic E-state index is 0.843. The van der Waals surface area contributed by atoms with Gasteiger partial charge in [0, 0.05) is 6.04 Å². The van der Waals surface area contributed by atoms with Gasteiger partial charge in [0.1, 0.15) is 0 Å². The van der Waals surface area contributed by atoms with Gasteiger partial charge in [-0.25, -0.2) is 0 Å². The Labute approximate surface area is 115 Å². The lowest BCUT2D eigenvalue weighted by molar-refractivity contribution is 0.184. The van der Waals surface area contributed by atoms with Crippen molar-refractivity contribution < 1.29 is 0 Å². The molecule has 2 heteroatoms. The van der Waals surface area contributed by atoms with Gasteiger partial charge in [-0.1, -0.05) is 33.6 Å². The Kier molecular flexibility index (Phi) is 8.70. The molecule has 1 aliphatic carbocycles. The zero-order chi connectivity index (χ0) is 13.2. The maximum atomic E-state index is 3.42. The molecule has 0 heterocycles. The van der Waals surface area contributed by atoms with E-state index in [2.05, 4.69) is 31.0 Å². The van der Waals surface area contributed by atoms with E-state index in [-0.39, 0.29) is 0 Å². The minimum Gasteiger partial charge on any atom is -0.317 e. The second-order valence-corrected chi connectivity index (χ2v) is 6.22. The van der Waals surface area contributed by atoms with Crippen molar-refractivity contribution in [2.24, 2.45) is 5.92 Å². The second-order valence-electron chi connectivity index (χ2n) is 6.22. The van der Waals surface area contributed by atoms with E-state index in [0.29, 0.717) is 0 Å². The molecule has 108 valence electrons. The van der Waals surface area contributed by atoms with Crippen LogP contribution in [0.25, 0.3) is 0 Å². The SMILES string of the molecule is CCNCCCCN(CCC(C)C)C1CCCC1. The largest absolute Gasteiger partial charge is 0.317 e. The summed E-state index contributed by atoms with van der Waals surface area (Å²) in [6.07, 6.45) is 9.88. The first-order chi connectivity index (χ1) is 8.74. The first-order valence-electron chi connectivity index (χ1n) is 8.18. The predicted molar refractivity (Wildman–Crippen MR) is 81.1 cm³/mol. The summed E-state index contributed by atoms with van der Waals surface area (Å²) in [6, 6.07) is 0.905. The third kappa shape index (κ3) is 6.75. The molecular formula is C16H34N2. The summed E-state index contributed by atoms with van der Waals surface area (Å²) >= 11 is 0. The molecule has 0 radical (unpaired) electrons. The van der Waals surface area contributed by atoms with Crippen LogP contribution in [0.15, 0.2) is 0 Å². The summed E-state index contributed by atoms with van der Waals surface area (Å²) in [6.45, 7) is 11.8. The molecule has 1 N–H and O–H groups in total. The molecule has 0 aliphatic heterocycles. The van der Waals surface area contributed by atoms with Gasteiger partial charge in [-0.05, 0) is 64.2 Å². The molecule has 0 atom stereocenters. The van der Waals surface area contributed by atoms with Gasteiger partial charge in [0.15, 0.2) is 0 Å². The number of hydrogen-bond donors (Lipinski definition) is 1. The molecule has 1 saturated carbocycles. The Bertz CT molecular complexity index is 186. The van der Waals surface area contributed by atoms with Crippen LogP contribution < -0.4 is 5.32 Å². The number of nitrogens with one attached hydrogen (secondary N) is 1. The molecule has 1 aliphatic rings. The van der Waals surface area contributed by atoms with Crippen molar-refractivity contribution in [3.8, 4) is 0 Å². The Hall–Kier alpha value is -0.0800. The predicted octanol–water partition coefficient (Wildman–Crippen LogP) is 3.67. The van der Waals surface area contributed by atoms with E-state index < -0.39 is 0 Å². The van der Waals surface area contributed by atoms with E-state index in [1.807, 2.05) is 0 Å². The molecule has 0 aromatic rings. The molecule has 0 bridgehead atoms. The fraction of sp³-hybridized carbons (Fsp3) is 1.00. The van der Waals surface area contributed by atoms with E-state index in [4.69, 9.17) is 0 Å². The summed E-state index contributed by atoms with van der Waals surface area (Å²) in [4.78, 5) is 2.79. The third-order valence-corrected chi connectivity index (χ3v) is 4.13. The molecule has 1 rings (SSSR count). The minimum absolute atomic E-state index is 0.843. The average Bonchev–Trinajstić information content (AvgIpc) is 2.86. The van der Waals surface area contributed by atoms with Crippen molar-refractivity contribution in [2.75, 3.05) is 26.2 Å². The Morgan fingerprint density at radius 3 is 2.44 bits per heavy atom. The fourth-order valence-electron chi connectivity index (χ4n) is 2.91. The van der Waals surface area contributed by atoms with Gasteiger partial charge >= 0.3 is 0 Å². The van der Waals surface area contributed by atoms with E-state index in [1.54, 1.807) is 0 Å². The maximum Gasteiger partial charge on any atom is 0.00952 e. The smallest absolute Gasteiger partial charge is 0.00952 e. The van der Waals surface area contributed by atoms with Gasteiger partial charge in [-0.2, -0.15) is 0 Å². The Morgan fingerprint density at radius 1 is 1.11 bits per heavy atom. The van der Waals surface area contributed by atoms with E-state index in [9.17, 15) is 0 Å². The van der Waals surface area contributed by atoms with Crippen LogP contribution in [0, 0.1) is 5.92 Å². The molecule has 1 fully saturated rings. The zero-order valence-electron chi connectivity index (χ0n) is 12.9. The van der Waals surface area contributed by atoms with Crippen LogP contribution in [0.3, 0.4) is 0 Å². The van der Waals surface area contributed by atoms with Crippen molar-refractivity contribution in [3.05, 3.63) is 0 Å². The quantitative estimate of drug-likeness (QED) is 0.598. The molecule has 0 amide bonds. The van der Waals surface area contributed by atoms with Gasteiger partial charge in [-0.15, -0.1) is 0 Å². The van der Waals surface area contributed by atoms with Crippen molar-refractivity contribution >= 4 is 0 Å². The highest BCUT2D eigenvalue weighted by Gasteiger charge is 2.21. The summed E-state index contributed by atoms with van der Waals surface area (Å²) < 4.78 is 0. The molecule has 2 nitrogen and oxygen atoms in total. The molecule has 0 spiro atoms. The first kappa shape index (κ1) is 16.0. The van der Waals surface area contributed by atoms with Gasteiger partial charge in [-0.3, -0.25) is 0 Å². The van der Waals surface area contributed by atoms with Gasteiger partial charge < -0.3 is 10.2 Å². The lowest BCUT2D eigenvalue weighted by Gasteiger charge is -2.29. The van der Waals surface area contributed by atoms with Crippen LogP contribution in [0.1, 0.15) is 65.7 Å². The van der Waals surface area contributed by atoms with Crippen molar-refractivity contribution in [1.82, 2.24) is 10.2 Å². The number of nitrogens with zero attached hydrogens (tertiary/aromatic N) is 1. The molecule has 0 aromatic heterocycles. The maximum absolute atomic E-state index is 3.42. The van der Waals surface area contributed by atoms with E-state index in [0.717, 1.165) is 18.5 Å². The highest BCUT2D eigenvalue weighted by atomic mass is 15.2. The fourth-order valence-corrected chi connectivity index (χ4v) is 2.91. The van der Waals surface area contributed by atoms with E-state index >= 15 is 0 Å². The molecule has 0 saturated heterocycles. The summed E-state index contributed by atoms with van der Waals surface area (Å²) in [5.74, 6) is 0.843. The number of hydrogen-bond acceptors (Lipinski definition) is 2. The lowest BCUT2D eigenvalue weighted by Crippen LogP contribution is -2.35. The molecule has 0 aromatic carbocycles. The topological polar surface area (TPSA) is 15.3 Å². The zero-order valence-corrected chi connectivity index (χ0v) is 12.9. The number of rotatable bonds is 10. The molecule has 0 unspecified atom stereocenters. The normalized spacial score (nSPS) is 17.2. The summed E-state index contributed by atoms with van der Waals surface area (Å²) in [5.41, 5.74) is 0. The monoisotopic (exact) mass is 254 g/mol. The van der Waals surface area contributed by atoms with Crippen LogP contribution in [0.4, 0.5) is 0 Å². The van der Waals surface area contributed by atoms with Crippen LogP contribution in [0.5, 0.6) is 0 Å². The van der Waals surface area contributed by atoms with Crippen molar-refractivity contribution in [2.45, 2.75) is 71.8 Å². The Balaban J connectivity index is 2.20. The van der Waals surface area contributed by atoms with Gasteiger partial charge in [0.25, 0.3) is 0 Å². The second kappa shape index (κ2) is 9.80. The highest BCUT2D eigenvalue weighted by Crippen LogP contribution is 2.24. The van der Waals surface area contributed by atoms with Crippen LogP contribution in [0.2, 0.25) is 0 Å². The van der Waals surface area contributed by atoms with Gasteiger partial charge in [0.05, 0.1) is 0 Å². The molecular weight excluding hydrogens is 220 g/mol. The first-order valence-corrected chi connectivity index (χ1v) is 8.18. The van der Waals surface area contributed by atoms with Crippen molar-refractivity contribution in [1.29, 1.82) is 0 Å².